The van der Waals surface area contributed by atoms with E-state index in [1.165, 1.54) is 24.2 Å². The minimum atomic E-state index is 0.0487. The molecular weight excluding hydrogens is 312 g/mol. The molecule has 1 fully saturated rings. The first-order valence-electron chi connectivity index (χ1n) is 8.05. The van der Waals surface area contributed by atoms with Gasteiger partial charge in [0.25, 0.3) is 5.91 Å². The minimum absolute atomic E-state index is 0.0487. The van der Waals surface area contributed by atoms with Crippen LogP contribution in [0.1, 0.15) is 19.3 Å². The number of aryl methyl sites for hydroxylation is 1. The van der Waals surface area contributed by atoms with Gasteiger partial charge in [0, 0.05) is 23.7 Å². The van der Waals surface area contributed by atoms with Crippen LogP contribution in [0.15, 0.2) is 30.3 Å². The topological polar surface area (TPSA) is 51.4 Å². The first-order chi connectivity index (χ1) is 11.1. The van der Waals surface area contributed by atoms with Crippen LogP contribution in [-0.4, -0.2) is 35.3 Å². The van der Waals surface area contributed by atoms with E-state index >= 15 is 0 Å². The fourth-order valence-corrected chi connectivity index (χ4v) is 3.11. The van der Waals surface area contributed by atoms with E-state index in [-0.39, 0.29) is 5.91 Å². The number of carbonyl (C=O) groups excluding carboxylic acids is 1. The number of nitrogens with zero attached hydrogens (tertiary/aromatic N) is 2. The Labute approximate surface area is 141 Å². The number of likely N-dealkylation sites (tertiary alicyclic amines) is 1. The maximum absolute atomic E-state index is 12.2. The van der Waals surface area contributed by atoms with Crippen molar-refractivity contribution in [2.24, 2.45) is 7.05 Å². The molecule has 0 atom stereocenters. The average molecular weight is 334 g/mol. The van der Waals surface area contributed by atoms with Gasteiger partial charge in [0.1, 0.15) is 5.82 Å². The Bertz CT molecular complexity index is 674. The second-order valence-electron chi connectivity index (χ2n) is 6.08. The molecule has 0 bridgehead atoms. The van der Waals surface area contributed by atoms with Crippen LogP contribution in [0, 0.1) is 0 Å². The molecule has 2 heterocycles. The zero-order valence-corrected chi connectivity index (χ0v) is 14.1. The van der Waals surface area contributed by atoms with Gasteiger partial charge in [-0.2, -0.15) is 5.10 Å². The molecular formula is C17H22ClN4O+. The van der Waals surface area contributed by atoms with Crippen LogP contribution in [0.4, 0.5) is 5.82 Å². The molecule has 23 heavy (non-hydrogen) atoms. The van der Waals surface area contributed by atoms with Crippen LogP contribution in [0.2, 0.25) is 5.02 Å². The molecule has 1 aromatic carbocycles. The van der Waals surface area contributed by atoms with Gasteiger partial charge >= 0.3 is 0 Å². The van der Waals surface area contributed by atoms with E-state index < -0.39 is 0 Å². The van der Waals surface area contributed by atoms with Crippen LogP contribution in [0.25, 0.3) is 11.3 Å². The number of quaternary nitrogens is 1. The van der Waals surface area contributed by atoms with Crippen molar-refractivity contribution in [3.8, 4) is 11.3 Å². The maximum Gasteiger partial charge on any atom is 0.280 e. The second-order valence-corrected chi connectivity index (χ2v) is 6.52. The van der Waals surface area contributed by atoms with Gasteiger partial charge in [-0.3, -0.25) is 9.48 Å². The molecule has 2 aromatic rings. The minimum Gasteiger partial charge on any atom is -0.327 e. The van der Waals surface area contributed by atoms with Gasteiger partial charge in [-0.1, -0.05) is 23.7 Å². The van der Waals surface area contributed by atoms with E-state index in [1.807, 2.05) is 37.4 Å². The Morgan fingerprint density at radius 1 is 1.26 bits per heavy atom. The monoisotopic (exact) mass is 333 g/mol. The number of piperidine rings is 1. The Morgan fingerprint density at radius 2 is 1.96 bits per heavy atom. The summed E-state index contributed by atoms with van der Waals surface area (Å²) in [4.78, 5) is 13.6. The van der Waals surface area contributed by atoms with Gasteiger partial charge in [0.15, 0.2) is 6.54 Å². The number of anilines is 1. The van der Waals surface area contributed by atoms with E-state index in [2.05, 4.69) is 10.4 Å². The van der Waals surface area contributed by atoms with Gasteiger partial charge in [-0.05, 0) is 31.4 Å². The quantitative estimate of drug-likeness (QED) is 0.895. The smallest absolute Gasteiger partial charge is 0.280 e. The first kappa shape index (κ1) is 16.0. The molecule has 5 nitrogen and oxygen atoms in total. The predicted molar refractivity (Wildman–Crippen MR) is 91.7 cm³/mol. The highest BCUT2D eigenvalue weighted by molar-refractivity contribution is 6.30. The van der Waals surface area contributed by atoms with Gasteiger partial charge in [-0.15, -0.1) is 0 Å². The second kappa shape index (κ2) is 7.15. The van der Waals surface area contributed by atoms with Crippen molar-refractivity contribution in [2.75, 3.05) is 25.0 Å². The molecule has 1 aromatic heterocycles. The lowest BCUT2D eigenvalue weighted by molar-refractivity contribution is -0.896. The lowest BCUT2D eigenvalue weighted by Gasteiger charge is -2.22. The molecule has 0 unspecified atom stereocenters. The summed E-state index contributed by atoms with van der Waals surface area (Å²) in [6.07, 6.45) is 3.72. The number of benzene rings is 1. The van der Waals surface area contributed by atoms with Crippen molar-refractivity contribution >= 4 is 23.3 Å². The standard InChI is InChI=1S/C17H21ClN4O/c1-21-16(19-17(23)12-22-9-3-2-4-10-22)11-15(20-21)13-5-7-14(18)8-6-13/h5-8,11H,2-4,9-10,12H2,1H3,(H,19,23)/p+1. The van der Waals surface area contributed by atoms with E-state index in [4.69, 9.17) is 11.6 Å². The Morgan fingerprint density at radius 3 is 2.65 bits per heavy atom. The molecule has 1 aliphatic heterocycles. The molecule has 2 N–H and O–H groups in total. The van der Waals surface area contributed by atoms with Crippen molar-refractivity contribution in [2.45, 2.75) is 19.3 Å². The SMILES string of the molecule is Cn1nc(-c2ccc(Cl)cc2)cc1NC(=O)C[NH+]1CCCCC1. The van der Waals surface area contributed by atoms with E-state index in [1.54, 1.807) is 4.68 Å². The summed E-state index contributed by atoms with van der Waals surface area (Å²) >= 11 is 5.91. The van der Waals surface area contributed by atoms with Crippen LogP contribution in [0.3, 0.4) is 0 Å². The van der Waals surface area contributed by atoms with E-state index in [0.29, 0.717) is 11.6 Å². The van der Waals surface area contributed by atoms with E-state index in [9.17, 15) is 4.79 Å². The molecule has 3 rings (SSSR count). The number of nitrogens with one attached hydrogen (secondary N) is 2. The van der Waals surface area contributed by atoms with Crippen molar-refractivity contribution in [3.05, 3.63) is 35.4 Å². The van der Waals surface area contributed by atoms with Crippen molar-refractivity contribution in [1.82, 2.24) is 9.78 Å². The van der Waals surface area contributed by atoms with Crippen molar-refractivity contribution in [3.63, 3.8) is 0 Å². The van der Waals surface area contributed by atoms with Crippen LogP contribution < -0.4 is 10.2 Å². The lowest BCUT2D eigenvalue weighted by Crippen LogP contribution is -3.13. The van der Waals surface area contributed by atoms with Gasteiger partial charge in [-0.25, -0.2) is 0 Å². The van der Waals surface area contributed by atoms with Gasteiger partial charge in [0.2, 0.25) is 0 Å². The third kappa shape index (κ3) is 4.12. The first-order valence-corrected chi connectivity index (χ1v) is 8.43. The third-order valence-electron chi connectivity index (χ3n) is 4.26. The summed E-state index contributed by atoms with van der Waals surface area (Å²) in [6, 6.07) is 9.42. The number of carbonyl (C=O) groups is 1. The molecule has 0 saturated carbocycles. The Hall–Kier alpha value is -1.85. The third-order valence-corrected chi connectivity index (χ3v) is 4.51. The fraction of sp³-hybridized carbons (Fsp3) is 0.412. The maximum atomic E-state index is 12.2. The summed E-state index contributed by atoms with van der Waals surface area (Å²) in [5.74, 6) is 0.768. The van der Waals surface area contributed by atoms with Crippen LogP contribution >= 0.6 is 11.6 Å². The average Bonchev–Trinajstić information content (AvgIpc) is 2.90. The lowest BCUT2D eigenvalue weighted by atomic mass is 10.1. The fourth-order valence-electron chi connectivity index (χ4n) is 2.99. The molecule has 6 heteroatoms. The largest absolute Gasteiger partial charge is 0.327 e. The predicted octanol–water partition coefficient (Wildman–Crippen LogP) is 1.75. The number of halogens is 1. The number of aromatic nitrogens is 2. The molecule has 122 valence electrons. The highest BCUT2D eigenvalue weighted by Crippen LogP contribution is 2.22. The molecule has 1 saturated heterocycles. The number of rotatable bonds is 4. The van der Waals surface area contributed by atoms with Crippen LogP contribution in [0.5, 0.6) is 0 Å². The van der Waals surface area contributed by atoms with Gasteiger partial charge in [0.05, 0.1) is 18.8 Å². The number of amides is 1. The molecule has 1 aliphatic rings. The normalized spacial score (nSPS) is 15.6. The molecule has 1 amide bonds. The summed E-state index contributed by atoms with van der Waals surface area (Å²) < 4.78 is 1.70. The number of hydrogen-bond donors (Lipinski definition) is 2. The van der Waals surface area contributed by atoms with Crippen LogP contribution in [-0.2, 0) is 11.8 Å². The highest BCUT2D eigenvalue weighted by Gasteiger charge is 2.18. The van der Waals surface area contributed by atoms with Crippen molar-refractivity contribution < 1.29 is 9.69 Å². The summed E-state index contributed by atoms with van der Waals surface area (Å²) in [7, 11) is 1.84. The molecule has 0 radical (unpaired) electrons. The Kier molecular flexibility index (Phi) is 4.98. The highest BCUT2D eigenvalue weighted by atomic mass is 35.5. The molecule has 0 spiro atoms. The summed E-state index contributed by atoms with van der Waals surface area (Å²) in [6.45, 7) is 2.71. The number of hydrogen-bond acceptors (Lipinski definition) is 2. The molecule has 0 aliphatic carbocycles. The Balaban J connectivity index is 1.66. The van der Waals surface area contributed by atoms with Crippen molar-refractivity contribution in [1.29, 1.82) is 0 Å². The summed E-state index contributed by atoms with van der Waals surface area (Å²) in [5, 5.41) is 8.13. The van der Waals surface area contributed by atoms with E-state index in [0.717, 1.165) is 30.2 Å². The van der Waals surface area contributed by atoms with Gasteiger partial charge < -0.3 is 10.2 Å². The zero-order chi connectivity index (χ0) is 16.2. The summed E-state index contributed by atoms with van der Waals surface area (Å²) in [5.41, 5.74) is 1.80. The zero-order valence-electron chi connectivity index (χ0n) is 13.3.